The van der Waals surface area contributed by atoms with Gasteiger partial charge in [-0.15, -0.1) is 0 Å². The van der Waals surface area contributed by atoms with Gasteiger partial charge in [-0.25, -0.2) is 15.0 Å². The third kappa shape index (κ3) is 1.39. The van der Waals surface area contributed by atoms with Crippen molar-refractivity contribution in [2.45, 2.75) is 26.2 Å². The summed E-state index contributed by atoms with van der Waals surface area (Å²) in [5.74, 6) is 0.708. The molecule has 0 radical (unpaired) electrons. The van der Waals surface area contributed by atoms with Crippen LogP contribution < -0.4 is 0 Å². The Morgan fingerprint density at radius 2 is 2.08 bits per heavy atom. The summed E-state index contributed by atoms with van der Waals surface area (Å²) < 4.78 is 1.83. The lowest BCUT2D eigenvalue weighted by Gasteiger charge is -2.13. The van der Waals surface area contributed by atoms with Gasteiger partial charge in [-0.05, 0) is 0 Å². The van der Waals surface area contributed by atoms with Gasteiger partial charge in [-0.3, -0.25) is 4.40 Å². The highest BCUT2D eigenvalue weighted by Gasteiger charge is 2.17. The Morgan fingerprint density at radius 3 is 2.69 bits per heavy atom. The third-order valence-electron chi connectivity index (χ3n) is 1.91. The van der Waals surface area contributed by atoms with E-state index in [0.717, 1.165) is 5.69 Å². The molecule has 0 unspecified atom stereocenters. The lowest BCUT2D eigenvalue weighted by molar-refractivity contribution is 0.573. The summed E-state index contributed by atoms with van der Waals surface area (Å²) in [6.07, 6.45) is 5.19. The molecule has 4 heteroatoms. The Hall–Kier alpha value is -1.45. The quantitative estimate of drug-likeness (QED) is 0.609. The molecule has 0 saturated carbocycles. The van der Waals surface area contributed by atoms with Crippen LogP contribution in [0.15, 0.2) is 18.9 Å². The number of rotatable bonds is 0. The molecule has 0 aliphatic carbocycles. The molecule has 0 atom stereocenters. The summed E-state index contributed by atoms with van der Waals surface area (Å²) in [7, 11) is 0. The van der Waals surface area contributed by atoms with Gasteiger partial charge in [0.15, 0.2) is 0 Å². The summed E-state index contributed by atoms with van der Waals surface area (Å²) in [6.45, 7) is 6.38. The van der Waals surface area contributed by atoms with Crippen LogP contribution in [0.4, 0.5) is 0 Å². The molecule has 0 N–H and O–H groups in total. The molecule has 2 rings (SSSR count). The maximum atomic E-state index is 4.40. The molecule has 0 aliphatic heterocycles. The van der Waals surface area contributed by atoms with Crippen molar-refractivity contribution in [3.05, 3.63) is 24.5 Å². The number of fused-ring (bicyclic) bond motifs is 1. The Labute approximate surface area is 76.7 Å². The zero-order valence-corrected chi connectivity index (χ0v) is 8.02. The first-order chi connectivity index (χ1) is 6.07. The van der Waals surface area contributed by atoms with Crippen LogP contribution in [-0.4, -0.2) is 19.4 Å². The molecule has 0 bridgehead atoms. The van der Waals surface area contributed by atoms with Crippen molar-refractivity contribution in [1.29, 1.82) is 0 Å². The van der Waals surface area contributed by atoms with E-state index in [4.69, 9.17) is 0 Å². The molecule has 0 amide bonds. The van der Waals surface area contributed by atoms with Crippen molar-refractivity contribution in [3.8, 4) is 0 Å². The minimum absolute atomic E-state index is 0.0632. The standard InChI is InChI=1S/C9H12N4/c1-9(2,3)7-4-13-6-10-5-11-8(13)12-7/h4-6H,1-3H3. The molecule has 4 nitrogen and oxygen atoms in total. The first-order valence-corrected chi connectivity index (χ1v) is 4.22. The van der Waals surface area contributed by atoms with E-state index < -0.39 is 0 Å². The first-order valence-electron chi connectivity index (χ1n) is 4.22. The van der Waals surface area contributed by atoms with Gasteiger partial charge < -0.3 is 0 Å². The van der Waals surface area contributed by atoms with Crippen LogP contribution >= 0.6 is 0 Å². The summed E-state index contributed by atoms with van der Waals surface area (Å²) in [5.41, 5.74) is 1.10. The Kier molecular flexibility index (Phi) is 1.58. The van der Waals surface area contributed by atoms with Crippen molar-refractivity contribution in [3.63, 3.8) is 0 Å². The molecule has 2 heterocycles. The van der Waals surface area contributed by atoms with Crippen molar-refractivity contribution in [2.75, 3.05) is 0 Å². The normalized spacial score (nSPS) is 12.2. The van der Waals surface area contributed by atoms with Gasteiger partial charge in [-0.1, -0.05) is 20.8 Å². The fourth-order valence-electron chi connectivity index (χ4n) is 1.11. The van der Waals surface area contributed by atoms with E-state index in [2.05, 4.69) is 35.7 Å². The highest BCUT2D eigenvalue weighted by atomic mass is 15.1. The second kappa shape index (κ2) is 2.52. The molecule has 0 spiro atoms. The second-order valence-corrected chi connectivity index (χ2v) is 4.09. The first kappa shape index (κ1) is 8.16. The highest BCUT2D eigenvalue weighted by molar-refractivity contribution is 5.30. The van der Waals surface area contributed by atoms with Gasteiger partial charge in [0.1, 0.15) is 12.7 Å². The molecule has 0 saturated heterocycles. The molecular formula is C9H12N4. The van der Waals surface area contributed by atoms with Crippen LogP contribution in [0, 0.1) is 0 Å². The number of imidazole rings is 1. The monoisotopic (exact) mass is 176 g/mol. The van der Waals surface area contributed by atoms with E-state index in [0.29, 0.717) is 5.78 Å². The van der Waals surface area contributed by atoms with Gasteiger partial charge in [0, 0.05) is 11.6 Å². The maximum Gasteiger partial charge on any atom is 0.236 e. The van der Waals surface area contributed by atoms with Gasteiger partial charge in [-0.2, -0.15) is 0 Å². The van der Waals surface area contributed by atoms with Crippen molar-refractivity contribution < 1.29 is 0 Å². The lowest BCUT2D eigenvalue weighted by Crippen LogP contribution is -2.11. The highest BCUT2D eigenvalue weighted by Crippen LogP contribution is 2.20. The number of nitrogens with zero attached hydrogens (tertiary/aromatic N) is 4. The summed E-state index contributed by atoms with van der Waals surface area (Å²) in [4.78, 5) is 12.4. The molecule has 13 heavy (non-hydrogen) atoms. The Morgan fingerprint density at radius 1 is 1.31 bits per heavy atom. The number of hydrogen-bond donors (Lipinski definition) is 0. The molecule has 0 aromatic carbocycles. The SMILES string of the molecule is CC(C)(C)c1cn2cncnc2n1. The van der Waals surface area contributed by atoms with Crippen LogP contribution in [0.25, 0.3) is 5.78 Å². The average Bonchev–Trinajstić information content (AvgIpc) is 2.45. The zero-order valence-electron chi connectivity index (χ0n) is 8.02. The predicted molar refractivity (Wildman–Crippen MR) is 49.5 cm³/mol. The van der Waals surface area contributed by atoms with Gasteiger partial charge >= 0.3 is 0 Å². The van der Waals surface area contributed by atoms with E-state index in [1.54, 1.807) is 6.33 Å². The van der Waals surface area contributed by atoms with Crippen LogP contribution in [0.1, 0.15) is 26.5 Å². The molecule has 0 fully saturated rings. The predicted octanol–water partition coefficient (Wildman–Crippen LogP) is 1.42. The van der Waals surface area contributed by atoms with E-state index >= 15 is 0 Å². The van der Waals surface area contributed by atoms with Crippen LogP contribution in [0.3, 0.4) is 0 Å². The summed E-state index contributed by atoms with van der Waals surface area (Å²) in [5, 5.41) is 0. The van der Waals surface area contributed by atoms with E-state index in [-0.39, 0.29) is 5.41 Å². The molecule has 68 valence electrons. The maximum absolute atomic E-state index is 4.40. The fourth-order valence-corrected chi connectivity index (χ4v) is 1.11. The molecular weight excluding hydrogens is 164 g/mol. The van der Waals surface area contributed by atoms with E-state index in [1.165, 1.54) is 6.33 Å². The van der Waals surface area contributed by atoms with Crippen LogP contribution in [0.2, 0.25) is 0 Å². The fraction of sp³-hybridized carbons (Fsp3) is 0.444. The van der Waals surface area contributed by atoms with E-state index in [1.807, 2.05) is 10.6 Å². The van der Waals surface area contributed by atoms with Gasteiger partial charge in [0.25, 0.3) is 0 Å². The Balaban J connectivity index is 2.63. The lowest BCUT2D eigenvalue weighted by atomic mass is 9.93. The van der Waals surface area contributed by atoms with Crippen molar-refractivity contribution >= 4 is 5.78 Å². The zero-order chi connectivity index (χ0) is 9.47. The molecule has 2 aromatic heterocycles. The molecule has 2 aromatic rings. The van der Waals surface area contributed by atoms with Gasteiger partial charge in [0.2, 0.25) is 5.78 Å². The van der Waals surface area contributed by atoms with Crippen LogP contribution in [-0.2, 0) is 5.41 Å². The number of aromatic nitrogens is 4. The smallest absolute Gasteiger partial charge is 0.236 e. The van der Waals surface area contributed by atoms with Crippen LogP contribution in [0.5, 0.6) is 0 Å². The largest absolute Gasteiger partial charge is 0.274 e. The van der Waals surface area contributed by atoms with E-state index in [9.17, 15) is 0 Å². The Bertz CT molecular complexity index is 391. The molecule has 0 aliphatic rings. The minimum atomic E-state index is 0.0632. The average molecular weight is 176 g/mol. The van der Waals surface area contributed by atoms with Crippen molar-refractivity contribution in [1.82, 2.24) is 19.4 Å². The second-order valence-electron chi connectivity index (χ2n) is 4.09. The summed E-state index contributed by atoms with van der Waals surface area (Å²) >= 11 is 0. The number of hydrogen-bond acceptors (Lipinski definition) is 3. The topological polar surface area (TPSA) is 43.1 Å². The summed E-state index contributed by atoms with van der Waals surface area (Å²) in [6, 6.07) is 0. The van der Waals surface area contributed by atoms with Gasteiger partial charge in [0.05, 0.1) is 5.69 Å². The minimum Gasteiger partial charge on any atom is -0.274 e. The third-order valence-corrected chi connectivity index (χ3v) is 1.91. The van der Waals surface area contributed by atoms with Crippen molar-refractivity contribution in [2.24, 2.45) is 0 Å².